The first-order valence-corrected chi connectivity index (χ1v) is 9.95. The molecule has 2 heterocycles. The summed E-state index contributed by atoms with van der Waals surface area (Å²) in [5.41, 5.74) is 3.82. The van der Waals surface area contributed by atoms with Gasteiger partial charge in [-0.15, -0.1) is 0 Å². The Morgan fingerprint density at radius 3 is 2.29 bits per heavy atom. The third-order valence-corrected chi connectivity index (χ3v) is 5.42. The zero-order chi connectivity index (χ0) is 20.4. The Morgan fingerprint density at radius 2 is 1.71 bits per heavy atom. The number of thiocarbonyl (C=S) groups is 1. The topological polar surface area (TPSA) is 45.6 Å². The number of amides is 2. The summed E-state index contributed by atoms with van der Waals surface area (Å²) in [5.74, 6) is -0.708. The van der Waals surface area contributed by atoms with Crippen LogP contribution < -0.4 is 4.90 Å². The molecule has 3 rings (SSSR count). The maximum atomic E-state index is 13.3. The first-order valence-electron chi connectivity index (χ1n) is 9.54. The van der Waals surface area contributed by atoms with Crippen molar-refractivity contribution in [2.24, 2.45) is 0 Å². The van der Waals surface area contributed by atoms with Crippen molar-refractivity contribution in [2.75, 3.05) is 11.4 Å². The number of nitrogens with zero attached hydrogens (tertiary/aromatic N) is 3. The number of aromatic nitrogens is 1. The van der Waals surface area contributed by atoms with Crippen molar-refractivity contribution in [1.82, 2.24) is 9.47 Å². The average Bonchev–Trinajstić information content (AvgIpc) is 2.96. The summed E-state index contributed by atoms with van der Waals surface area (Å²) >= 11 is 5.52. The third-order valence-electron chi connectivity index (χ3n) is 5.02. The van der Waals surface area contributed by atoms with Crippen molar-refractivity contribution in [3.05, 3.63) is 58.9 Å². The number of rotatable bonds is 5. The van der Waals surface area contributed by atoms with Crippen LogP contribution in [0.4, 0.5) is 5.69 Å². The second kappa shape index (κ2) is 8.10. The highest BCUT2D eigenvalue weighted by Crippen LogP contribution is 2.27. The van der Waals surface area contributed by atoms with Crippen LogP contribution in [0.25, 0.3) is 6.08 Å². The Hall–Kier alpha value is -2.73. The molecule has 0 radical (unpaired) electrons. The van der Waals surface area contributed by atoms with E-state index in [0.717, 1.165) is 29.9 Å². The fraction of sp³-hybridized carbons (Fsp3) is 0.318. The number of anilines is 1. The number of carbonyl (C=O) groups excluding carboxylic acids is 2. The van der Waals surface area contributed by atoms with Gasteiger partial charge in [-0.1, -0.05) is 25.1 Å². The van der Waals surface area contributed by atoms with E-state index in [4.69, 9.17) is 12.2 Å². The van der Waals surface area contributed by atoms with Gasteiger partial charge in [0.1, 0.15) is 5.57 Å². The van der Waals surface area contributed by atoms with Gasteiger partial charge in [-0.2, -0.15) is 0 Å². The lowest BCUT2D eigenvalue weighted by Gasteiger charge is -2.36. The third kappa shape index (κ3) is 3.40. The normalized spacial score (nSPS) is 16.4. The lowest BCUT2D eigenvalue weighted by molar-refractivity contribution is -0.127. The first kappa shape index (κ1) is 20.0. The Balaban J connectivity index is 2.12. The second-order valence-electron chi connectivity index (χ2n) is 6.84. The Morgan fingerprint density at radius 1 is 1.04 bits per heavy atom. The van der Waals surface area contributed by atoms with Gasteiger partial charge < -0.3 is 4.57 Å². The smallest absolute Gasteiger partial charge is 0.270 e. The van der Waals surface area contributed by atoms with Crippen molar-refractivity contribution >= 4 is 40.9 Å². The van der Waals surface area contributed by atoms with Crippen molar-refractivity contribution in [3.8, 4) is 0 Å². The Labute approximate surface area is 171 Å². The quantitative estimate of drug-likeness (QED) is 0.435. The molecule has 0 saturated carbocycles. The molecule has 1 saturated heterocycles. The number of para-hydroxylation sites is 1. The van der Waals surface area contributed by atoms with Crippen LogP contribution >= 0.6 is 12.2 Å². The standard InChI is InChI=1S/C22H25N3O2S/c1-5-12-24-20(26)19(14-17-13-15(3)23(6-2)16(17)4)21(27)25(22(24)28)18-10-8-7-9-11-18/h7-11,13-14H,5-6,12H2,1-4H3/b19-14+. The monoisotopic (exact) mass is 395 g/mol. The predicted octanol–water partition coefficient (Wildman–Crippen LogP) is 4.08. The van der Waals surface area contributed by atoms with E-state index in [2.05, 4.69) is 11.5 Å². The van der Waals surface area contributed by atoms with Gasteiger partial charge in [0.05, 0.1) is 5.69 Å². The van der Waals surface area contributed by atoms with Crippen LogP contribution in [0.15, 0.2) is 42.0 Å². The lowest BCUT2D eigenvalue weighted by Crippen LogP contribution is -2.56. The molecule has 5 nitrogen and oxygen atoms in total. The highest BCUT2D eigenvalue weighted by molar-refractivity contribution is 7.80. The van der Waals surface area contributed by atoms with Gasteiger partial charge >= 0.3 is 0 Å². The summed E-state index contributed by atoms with van der Waals surface area (Å²) in [5, 5.41) is 0.235. The number of hydrogen-bond acceptors (Lipinski definition) is 3. The van der Waals surface area contributed by atoms with Crippen LogP contribution in [0.3, 0.4) is 0 Å². The van der Waals surface area contributed by atoms with Crippen molar-refractivity contribution < 1.29 is 9.59 Å². The molecule has 0 bridgehead atoms. The summed E-state index contributed by atoms with van der Waals surface area (Å²) in [7, 11) is 0. The van der Waals surface area contributed by atoms with Crippen LogP contribution in [0, 0.1) is 13.8 Å². The summed E-state index contributed by atoms with van der Waals surface area (Å²) in [6.07, 6.45) is 2.46. The molecular formula is C22H25N3O2S. The molecule has 6 heteroatoms. The summed E-state index contributed by atoms with van der Waals surface area (Å²) in [4.78, 5) is 29.4. The van der Waals surface area contributed by atoms with Crippen LogP contribution in [0.5, 0.6) is 0 Å². The molecule has 146 valence electrons. The van der Waals surface area contributed by atoms with E-state index in [0.29, 0.717) is 12.2 Å². The molecule has 0 aliphatic carbocycles. The van der Waals surface area contributed by atoms with E-state index in [1.807, 2.05) is 57.2 Å². The van der Waals surface area contributed by atoms with Crippen LogP contribution in [-0.4, -0.2) is 32.9 Å². The fourth-order valence-electron chi connectivity index (χ4n) is 3.62. The minimum atomic E-state index is -0.380. The molecule has 1 aliphatic heterocycles. The van der Waals surface area contributed by atoms with Gasteiger partial charge in [0.25, 0.3) is 11.8 Å². The SMILES string of the molecule is CCCN1C(=O)/C(=C\c2cc(C)n(CC)c2C)C(=O)N(c2ccccc2)C1=S. The molecule has 2 amide bonds. The lowest BCUT2D eigenvalue weighted by atomic mass is 10.1. The first-order chi connectivity index (χ1) is 13.4. The van der Waals surface area contributed by atoms with E-state index >= 15 is 0 Å². The highest BCUT2D eigenvalue weighted by atomic mass is 32.1. The molecule has 1 fully saturated rings. The molecule has 1 aromatic heterocycles. The van der Waals surface area contributed by atoms with E-state index in [1.165, 1.54) is 9.80 Å². The highest BCUT2D eigenvalue weighted by Gasteiger charge is 2.40. The minimum Gasteiger partial charge on any atom is -0.349 e. The zero-order valence-corrected chi connectivity index (χ0v) is 17.5. The average molecular weight is 396 g/mol. The molecule has 28 heavy (non-hydrogen) atoms. The maximum Gasteiger partial charge on any atom is 0.270 e. The van der Waals surface area contributed by atoms with Gasteiger partial charge in [-0.25, -0.2) is 0 Å². The van der Waals surface area contributed by atoms with Gasteiger partial charge in [0.2, 0.25) is 0 Å². The van der Waals surface area contributed by atoms with E-state index in [9.17, 15) is 9.59 Å². The molecule has 1 aromatic carbocycles. The predicted molar refractivity (Wildman–Crippen MR) is 116 cm³/mol. The maximum absolute atomic E-state index is 13.3. The molecule has 1 aliphatic rings. The van der Waals surface area contributed by atoms with Gasteiger partial charge in [-0.05, 0) is 69.2 Å². The van der Waals surface area contributed by atoms with Crippen LogP contribution in [-0.2, 0) is 16.1 Å². The van der Waals surface area contributed by atoms with Crippen molar-refractivity contribution in [2.45, 2.75) is 40.7 Å². The number of carbonyl (C=O) groups is 2. The van der Waals surface area contributed by atoms with E-state index in [-0.39, 0.29) is 22.5 Å². The number of aryl methyl sites for hydroxylation is 1. The zero-order valence-electron chi connectivity index (χ0n) is 16.7. The summed E-state index contributed by atoms with van der Waals surface area (Å²) in [6.45, 7) is 9.40. The molecule has 2 aromatic rings. The summed E-state index contributed by atoms with van der Waals surface area (Å²) in [6, 6.07) is 11.2. The molecule has 0 N–H and O–H groups in total. The molecule has 0 atom stereocenters. The minimum absolute atomic E-state index is 0.141. The number of hydrogen-bond donors (Lipinski definition) is 0. The van der Waals surface area contributed by atoms with Gasteiger partial charge in [-0.3, -0.25) is 19.4 Å². The summed E-state index contributed by atoms with van der Waals surface area (Å²) < 4.78 is 2.16. The molecule has 0 unspecified atom stereocenters. The Kier molecular flexibility index (Phi) is 5.79. The van der Waals surface area contributed by atoms with Crippen LogP contribution in [0.1, 0.15) is 37.2 Å². The fourth-order valence-corrected chi connectivity index (χ4v) is 3.98. The van der Waals surface area contributed by atoms with E-state index < -0.39 is 0 Å². The largest absolute Gasteiger partial charge is 0.349 e. The van der Waals surface area contributed by atoms with Crippen molar-refractivity contribution in [1.29, 1.82) is 0 Å². The molecular weight excluding hydrogens is 370 g/mol. The molecule has 0 spiro atoms. The second-order valence-corrected chi connectivity index (χ2v) is 7.21. The van der Waals surface area contributed by atoms with Crippen LogP contribution in [0.2, 0.25) is 0 Å². The van der Waals surface area contributed by atoms with Gasteiger partial charge in [0, 0.05) is 24.5 Å². The number of benzene rings is 1. The Bertz CT molecular complexity index is 960. The van der Waals surface area contributed by atoms with Crippen molar-refractivity contribution in [3.63, 3.8) is 0 Å². The van der Waals surface area contributed by atoms with E-state index in [1.54, 1.807) is 6.08 Å². The van der Waals surface area contributed by atoms with Gasteiger partial charge in [0.15, 0.2) is 5.11 Å².